The van der Waals surface area contributed by atoms with Crippen LogP contribution < -0.4 is 5.32 Å². The molecule has 19 heavy (non-hydrogen) atoms. The van der Waals surface area contributed by atoms with Crippen molar-refractivity contribution in [2.24, 2.45) is 0 Å². The molecule has 1 fully saturated rings. The van der Waals surface area contributed by atoms with Crippen molar-refractivity contribution in [3.05, 3.63) is 24.2 Å². The van der Waals surface area contributed by atoms with Gasteiger partial charge in [0.1, 0.15) is 0 Å². The van der Waals surface area contributed by atoms with Gasteiger partial charge in [0.15, 0.2) is 5.65 Å². The lowest BCUT2D eigenvalue weighted by Crippen LogP contribution is -2.16. The van der Waals surface area contributed by atoms with Gasteiger partial charge in [-0.15, -0.1) is 0 Å². The molecule has 1 aliphatic carbocycles. The van der Waals surface area contributed by atoms with Crippen molar-refractivity contribution in [2.75, 3.05) is 5.32 Å². The van der Waals surface area contributed by atoms with E-state index in [0.717, 1.165) is 29.9 Å². The van der Waals surface area contributed by atoms with Crippen LogP contribution in [0.3, 0.4) is 0 Å². The molecule has 2 aromatic rings. The van der Waals surface area contributed by atoms with Gasteiger partial charge in [0, 0.05) is 18.9 Å². The van der Waals surface area contributed by atoms with Crippen LogP contribution in [-0.4, -0.2) is 20.5 Å². The van der Waals surface area contributed by atoms with E-state index in [4.69, 9.17) is 0 Å². The number of nitrogens with one attached hydrogen (secondary N) is 1. The number of aromatic nitrogens is 3. The number of carbonyl (C=O) groups is 1. The van der Waals surface area contributed by atoms with Crippen LogP contribution in [0.25, 0.3) is 5.65 Å². The fourth-order valence-electron chi connectivity index (χ4n) is 2.95. The number of hydrogen-bond donors (Lipinski definition) is 1. The van der Waals surface area contributed by atoms with Gasteiger partial charge in [-0.25, -0.2) is 9.50 Å². The molecular formula is C14H18N4O. The molecule has 1 saturated carbocycles. The van der Waals surface area contributed by atoms with Gasteiger partial charge >= 0.3 is 0 Å². The normalized spacial score (nSPS) is 16.7. The maximum absolute atomic E-state index is 11.4. The van der Waals surface area contributed by atoms with E-state index >= 15 is 0 Å². The third-order valence-corrected chi connectivity index (χ3v) is 3.76. The average Bonchev–Trinajstić information content (AvgIpc) is 2.87. The van der Waals surface area contributed by atoms with Crippen LogP contribution in [0, 0.1) is 0 Å². The summed E-state index contributed by atoms with van der Waals surface area (Å²) >= 11 is 0. The largest absolute Gasteiger partial charge is 0.323 e. The van der Waals surface area contributed by atoms with Crippen LogP contribution in [0.1, 0.15) is 50.6 Å². The van der Waals surface area contributed by atoms with E-state index in [1.807, 2.05) is 10.6 Å². The van der Waals surface area contributed by atoms with Crippen molar-refractivity contribution in [1.29, 1.82) is 0 Å². The van der Waals surface area contributed by atoms with E-state index in [2.05, 4.69) is 15.4 Å². The summed E-state index contributed by atoms with van der Waals surface area (Å²) < 4.78 is 1.88. The Labute approximate surface area is 112 Å². The molecule has 2 heterocycles. The zero-order chi connectivity index (χ0) is 13.2. The molecule has 0 bridgehead atoms. The van der Waals surface area contributed by atoms with E-state index in [9.17, 15) is 4.79 Å². The second kappa shape index (κ2) is 4.99. The first kappa shape index (κ1) is 12.1. The number of anilines is 1. The van der Waals surface area contributed by atoms with Gasteiger partial charge in [0.05, 0.1) is 23.8 Å². The van der Waals surface area contributed by atoms with Gasteiger partial charge in [0.2, 0.25) is 5.91 Å². The third-order valence-electron chi connectivity index (χ3n) is 3.76. The van der Waals surface area contributed by atoms with E-state index in [-0.39, 0.29) is 5.91 Å². The first-order chi connectivity index (χ1) is 9.25. The third kappa shape index (κ3) is 2.32. The molecular weight excluding hydrogens is 240 g/mol. The fourth-order valence-corrected chi connectivity index (χ4v) is 2.95. The smallest absolute Gasteiger partial charge is 0.221 e. The molecule has 0 unspecified atom stereocenters. The minimum atomic E-state index is -0.0645. The minimum Gasteiger partial charge on any atom is -0.323 e. The van der Waals surface area contributed by atoms with Crippen LogP contribution in [0.15, 0.2) is 18.5 Å². The maximum atomic E-state index is 11.4. The highest BCUT2D eigenvalue weighted by molar-refractivity contribution is 5.89. The molecule has 3 rings (SSSR count). The van der Waals surface area contributed by atoms with Crippen molar-refractivity contribution >= 4 is 17.2 Å². The SMILES string of the molecule is CC(=O)Nc1cnc2ccnn2c1C1CCCCC1. The molecule has 0 atom stereocenters. The van der Waals surface area contributed by atoms with E-state index < -0.39 is 0 Å². The van der Waals surface area contributed by atoms with Crippen molar-refractivity contribution in [1.82, 2.24) is 14.6 Å². The highest BCUT2D eigenvalue weighted by atomic mass is 16.1. The van der Waals surface area contributed by atoms with Gasteiger partial charge in [-0.05, 0) is 12.8 Å². The Morgan fingerprint density at radius 3 is 2.89 bits per heavy atom. The standard InChI is InChI=1S/C14H18N4O/c1-10(19)17-12-9-15-13-7-8-16-18(13)14(12)11-5-3-2-4-6-11/h7-9,11H,2-6H2,1H3,(H,17,19). The van der Waals surface area contributed by atoms with Crippen LogP contribution in [0.4, 0.5) is 5.69 Å². The van der Waals surface area contributed by atoms with Gasteiger partial charge in [-0.2, -0.15) is 5.10 Å². The molecule has 1 amide bonds. The first-order valence-electron chi connectivity index (χ1n) is 6.86. The molecule has 0 radical (unpaired) electrons. The van der Waals surface area contributed by atoms with Gasteiger partial charge in [-0.1, -0.05) is 19.3 Å². The molecule has 0 aromatic carbocycles. The van der Waals surface area contributed by atoms with E-state index in [1.54, 1.807) is 12.4 Å². The molecule has 1 aliphatic rings. The Balaban J connectivity index is 2.10. The summed E-state index contributed by atoms with van der Waals surface area (Å²) in [6.45, 7) is 1.53. The summed E-state index contributed by atoms with van der Waals surface area (Å²) in [6, 6.07) is 1.89. The number of carbonyl (C=O) groups excluding carboxylic acids is 1. The van der Waals surface area contributed by atoms with E-state index in [1.165, 1.54) is 26.2 Å². The number of hydrogen-bond acceptors (Lipinski definition) is 3. The lowest BCUT2D eigenvalue weighted by molar-refractivity contribution is -0.114. The second-order valence-electron chi connectivity index (χ2n) is 5.17. The molecule has 100 valence electrons. The number of fused-ring (bicyclic) bond motifs is 1. The summed E-state index contributed by atoms with van der Waals surface area (Å²) in [4.78, 5) is 15.7. The number of amides is 1. The van der Waals surface area contributed by atoms with Gasteiger partial charge < -0.3 is 5.32 Å². The summed E-state index contributed by atoms with van der Waals surface area (Å²) in [7, 11) is 0. The molecule has 5 nitrogen and oxygen atoms in total. The van der Waals surface area contributed by atoms with Crippen molar-refractivity contribution in [3.63, 3.8) is 0 Å². The van der Waals surface area contributed by atoms with Crippen LogP contribution in [0.2, 0.25) is 0 Å². The predicted molar refractivity (Wildman–Crippen MR) is 73.1 cm³/mol. The number of nitrogens with zero attached hydrogens (tertiary/aromatic N) is 3. The van der Waals surface area contributed by atoms with E-state index in [0.29, 0.717) is 5.92 Å². The molecule has 0 saturated heterocycles. The topological polar surface area (TPSA) is 59.3 Å². The lowest BCUT2D eigenvalue weighted by atomic mass is 9.86. The summed E-state index contributed by atoms with van der Waals surface area (Å²) in [5.41, 5.74) is 2.75. The Kier molecular flexibility index (Phi) is 3.19. The Morgan fingerprint density at radius 2 is 2.16 bits per heavy atom. The van der Waals surface area contributed by atoms with Crippen molar-refractivity contribution in [3.8, 4) is 0 Å². The van der Waals surface area contributed by atoms with Crippen LogP contribution >= 0.6 is 0 Å². The summed E-state index contributed by atoms with van der Waals surface area (Å²) in [5, 5.41) is 7.26. The highest BCUT2D eigenvalue weighted by Crippen LogP contribution is 2.36. The lowest BCUT2D eigenvalue weighted by Gasteiger charge is -2.24. The quantitative estimate of drug-likeness (QED) is 0.901. The molecule has 2 aromatic heterocycles. The molecule has 0 spiro atoms. The molecule has 5 heteroatoms. The fraction of sp³-hybridized carbons (Fsp3) is 0.500. The monoisotopic (exact) mass is 258 g/mol. The average molecular weight is 258 g/mol. The van der Waals surface area contributed by atoms with Crippen molar-refractivity contribution < 1.29 is 4.79 Å². The molecule has 0 aliphatic heterocycles. The Bertz CT molecular complexity index is 599. The summed E-state index contributed by atoms with van der Waals surface area (Å²) in [6.07, 6.45) is 9.62. The first-order valence-corrected chi connectivity index (χ1v) is 6.86. The Morgan fingerprint density at radius 1 is 1.37 bits per heavy atom. The number of rotatable bonds is 2. The highest BCUT2D eigenvalue weighted by Gasteiger charge is 2.22. The van der Waals surface area contributed by atoms with Gasteiger partial charge in [0.25, 0.3) is 0 Å². The second-order valence-corrected chi connectivity index (χ2v) is 5.17. The van der Waals surface area contributed by atoms with Gasteiger partial charge in [-0.3, -0.25) is 4.79 Å². The zero-order valence-electron chi connectivity index (χ0n) is 11.1. The van der Waals surface area contributed by atoms with Crippen molar-refractivity contribution in [2.45, 2.75) is 44.9 Å². The predicted octanol–water partition coefficient (Wildman–Crippen LogP) is 2.74. The molecule has 1 N–H and O–H groups in total. The van der Waals surface area contributed by atoms with Crippen LogP contribution in [0.5, 0.6) is 0 Å². The zero-order valence-corrected chi connectivity index (χ0v) is 11.1. The summed E-state index contributed by atoms with van der Waals surface area (Å²) in [5.74, 6) is 0.395. The Hall–Kier alpha value is -1.91. The van der Waals surface area contributed by atoms with Crippen LogP contribution in [-0.2, 0) is 4.79 Å². The maximum Gasteiger partial charge on any atom is 0.221 e. The minimum absolute atomic E-state index is 0.0645.